The third-order valence-electron chi connectivity index (χ3n) is 5.89. The minimum Gasteiger partial charge on any atom is -0.492 e. The van der Waals surface area contributed by atoms with Gasteiger partial charge in [-0.15, -0.1) is 0 Å². The zero-order chi connectivity index (χ0) is 19.8. The monoisotopic (exact) mass is 389 g/mol. The van der Waals surface area contributed by atoms with Gasteiger partial charge in [0, 0.05) is 44.3 Å². The van der Waals surface area contributed by atoms with E-state index >= 15 is 0 Å². The van der Waals surface area contributed by atoms with Gasteiger partial charge in [0.2, 0.25) is 5.91 Å². The number of hydrogen-bond acceptors (Lipinski definition) is 5. The Hall–Kier alpha value is -1.63. The minimum atomic E-state index is 0.122. The summed E-state index contributed by atoms with van der Waals surface area (Å²) < 4.78 is 11.4. The predicted molar refractivity (Wildman–Crippen MR) is 110 cm³/mol. The molecule has 2 aliphatic rings. The van der Waals surface area contributed by atoms with Crippen LogP contribution in [0.4, 0.5) is 0 Å². The van der Waals surface area contributed by atoms with E-state index in [2.05, 4.69) is 29.5 Å². The van der Waals surface area contributed by atoms with Crippen molar-refractivity contribution in [1.29, 1.82) is 0 Å². The molecule has 1 aromatic rings. The number of nitrogens with zero attached hydrogens (tertiary/aromatic N) is 1. The van der Waals surface area contributed by atoms with Crippen molar-refractivity contribution in [1.82, 2.24) is 15.5 Å². The van der Waals surface area contributed by atoms with Crippen LogP contribution >= 0.6 is 0 Å². The molecule has 28 heavy (non-hydrogen) atoms. The molecule has 0 bridgehead atoms. The van der Waals surface area contributed by atoms with Crippen molar-refractivity contribution >= 4 is 5.91 Å². The molecule has 2 N–H and O–H groups in total. The van der Waals surface area contributed by atoms with Crippen LogP contribution in [0.1, 0.15) is 38.2 Å². The van der Waals surface area contributed by atoms with E-state index in [1.165, 1.54) is 0 Å². The van der Waals surface area contributed by atoms with Crippen molar-refractivity contribution in [2.45, 2.75) is 51.2 Å². The van der Waals surface area contributed by atoms with E-state index in [9.17, 15) is 4.79 Å². The zero-order valence-electron chi connectivity index (χ0n) is 17.3. The minimum absolute atomic E-state index is 0.122. The summed E-state index contributed by atoms with van der Waals surface area (Å²) in [6.45, 7) is 6.90. The van der Waals surface area contributed by atoms with Gasteiger partial charge in [0.25, 0.3) is 0 Å². The number of benzene rings is 1. The molecule has 6 heteroatoms. The highest BCUT2D eigenvalue weighted by Gasteiger charge is 2.24. The highest BCUT2D eigenvalue weighted by atomic mass is 16.5. The molecule has 0 aromatic heterocycles. The molecule has 0 aliphatic carbocycles. The molecule has 0 unspecified atom stereocenters. The Morgan fingerprint density at radius 3 is 2.93 bits per heavy atom. The fraction of sp³-hybridized carbons (Fsp3) is 0.682. The lowest BCUT2D eigenvalue weighted by molar-refractivity contribution is -0.126. The van der Waals surface area contributed by atoms with Crippen LogP contribution in [0.5, 0.6) is 5.75 Å². The number of nitrogens with one attached hydrogen (secondary N) is 2. The van der Waals surface area contributed by atoms with E-state index in [4.69, 9.17) is 9.47 Å². The van der Waals surface area contributed by atoms with Crippen molar-refractivity contribution in [3.63, 3.8) is 0 Å². The number of amides is 1. The van der Waals surface area contributed by atoms with Crippen LogP contribution < -0.4 is 15.4 Å². The second kappa shape index (κ2) is 10.8. The largest absolute Gasteiger partial charge is 0.492 e. The van der Waals surface area contributed by atoms with Crippen LogP contribution in [0.25, 0.3) is 0 Å². The highest BCUT2D eigenvalue weighted by Crippen LogP contribution is 2.18. The Morgan fingerprint density at radius 1 is 1.32 bits per heavy atom. The molecule has 0 saturated carbocycles. The normalized spacial score (nSPS) is 23.5. The fourth-order valence-corrected chi connectivity index (χ4v) is 4.06. The molecule has 1 amide bonds. The molecule has 1 aromatic carbocycles. The van der Waals surface area contributed by atoms with Crippen LogP contribution in [0.2, 0.25) is 0 Å². The first kappa shape index (κ1) is 21.1. The second-order valence-corrected chi connectivity index (χ2v) is 8.11. The molecule has 0 spiro atoms. The van der Waals surface area contributed by atoms with E-state index in [-0.39, 0.29) is 11.8 Å². The maximum absolute atomic E-state index is 12.4. The average molecular weight is 390 g/mol. The maximum Gasteiger partial charge on any atom is 0.223 e. The summed E-state index contributed by atoms with van der Waals surface area (Å²) in [6.07, 6.45) is 4.03. The smallest absolute Gasteiger partial charge is 0.223 e. The molecule has 2 aliphatic heterocycles. The molecular formula is C22H35N3O3. The number of likely N-dealkylation sites (N-methyl/N-ethyl adjacent to an activating group) is 1. The molecule has 2 heterocycles. The molecule has 2 fully saturated rings. The predicted octanol–water partition coefficient (Wildman–Crippen LogP) is 2.18. The molecule has 156 valence electrons. The quantitative estimate of drug-likeness (QED) is 0.714. The van der Waals surface area contributed by atoms with E-state index in [0.717, 1.165) is 63.3 Å². The molecule has 2 atom stereocenters. The highest BCUT2D eigenvalue weighted by molar-refractivity contribution is 5.78. The molecule has 0 radical (unpaired) electrons. The maximum atomic E-state index is 12.4. The Morgan fingerprint density at radius 2 is 2.14 bits per heavy atom. The summed E-state index contributed by atoms with van der Waals surface area (Å²) in [5.74, 6) is 1.15. The first-order valence-electron chi connectivity index (χ1n) is 10.6. The fourth-order valence-electron chi connectivity index (χ4n) is 4.06. The molecule has 3 rings (SSSR count). The summed E-state index contributed by atoms with van der Waals surface area (Å²) in [6, 6.07) is 9.04. The molecular weight excluding hydrogens is 354 g/mol. The van der Waals surface area contributed by atoms with Gasteiger partial charge in [-0.25, -0.2) is 0 Å². The number of hydrogen-bond donors (Lipinski definition) is 2. The van der Waals surface area contributed by atoms with Gasteiger partial charge in [-0.1, -0.05) is 12.1 Å². The van der Waals surface area contributed by atoms with E-state index in [0.29, 0.717) is 25.2 Å². The zero-order valence-corrected chi connectivity index (χ0v) is 17.3. The average Bonchev–Trinajstić information content (AvgIpc) is 2.73. The summed E-state index contributed by atoms with van der Waals surface area (Å²) in [5.41, 5.74) is 1.07. The number of rotatable bonds is 8. The van der Waals surface area contributed by atoms with Crippen molar-refractivity contribution < 1.29 is 14.3 Å². The lowest BCUT2D eigenvalue weighted by atomic mass is 9.92. The van der Waals surface area contributed by atoms with Crippen LogP contribution in [-0.2, 0) is 16.1 Å². The van der Waals surface area contributed by atoms with Gasteiger partial charge < -0.3 is 20.1 Å². The van der Waals surface area contributed by atoms with Crippen molar-refractivity contribution in [3.8, 4) is 5.75 Å². The van der Waals surface area contributed by atoms with Gasteiger partial charge in [0.05, 0.1) is 0 Å². The summed E-state index contributed by atoms with van der Waals surface area (Å²) in [7, 11) is 2.16. The Balaban J connectivity index is 1.40. The van der Waals surface area contributed by atoms with E-state index < -0.39 is 0 Å². The van der Waals surface area contributed by atoms with Gasteiger partial charge in [0.15, 0.2) is 0 Å². The first-order chi connectivity index (χ1) is 13.6. The van der Waals surface area contributed by atoms with Gasteiger partial charge in [0.1, 0.15) is 12.4 Å². The van der Waals surface area contributed by atoms with Gasteiger partial charge in [-0.3, -0.25) is 9.69 Å². The van der Waals surface area contributed by atoms with Crippen molar-refractivity contribution in [2.75, 3.05) is 40.0 Å². The second-order valence-electron chi connectivity index (χ2n) is 8.11. The van der Waals surface area contributed by atoms with Crippen LogP contribution in [-0.4, -0.2) is 62.8 Å². The lowest BCUT2D eigenvalue weighted by Gasteiger charge is -2.31. The number of carbonyl (C=O) groups excluding carboxylic acids is 1. The number of carbonyl (C=O) groups is 1. The third-order valence-corrected chi connectivity index (χ3v) is 5.89. The summed E-state index contributed by atoms with van der Waals surface area (Å²) >= 11 is 0. The molecule has 2 saturated heterocycles. The Labute approximate surface area is 169 Å². The Bertz CT molecular complexity index is 619. The van der Waals surface area contributed by atoms with Crippen LogP contribution in [0.15, 0.2) is 24.3 Å². The SMILES string of the molecule is C[C@H]1C[C@@H](C(=O)NCc2cccc(OCCN(C)C3CCOCC3)c2)CCN1. The van der Waals surface area contributed by atoms with Crippen LogP contribution in [0, 0.1) is 5.92 Å². The van der Waals surface area contributed by atoms with E-state index in [1.54, 1.807) is 0 Å². The number of ether oxygens (including phenoxy) is 2. The summed E-state index contributed by atoms with van der Waals surface area (Å²) in [5, 5.41) is 6.48. The Kier molecular flexibility index (Phi) is 8.13. The standard InChI is InChI=1S/C22H35N3O3/c1-17-14-19(6-9-23-17)22(26)24-16-18-4-3-5-21(15-18)28-13-10-25(2)20-7-11-27-12-8-20/h3-5,15,17,19-20,23H,6-14,16H2,1-2H3,(H,24,26)/t17-,19-/m0/s1. The first-order valence-corrected chi connectivity index (χ1v) is 10.6. The number of piperidine rings is 1. The van der Waals surface area contributed by atoms with Crippen molar-refractivity contribution in [2.24, 2.45) is 5.92 Å². The molecule has 6 nitrogen and oxygen atoms in total. The van der Waals surface area contributed by atoms with Crippen LogP contribution in [0.3, 0.4) is 0 Å². The topological polar surface area (TPSA) is 62.8 Å². The van der Waals surface area contributed by atoms with Crippen molar-refractivity contribution in [3.05, 3.63) is 29.8 Å². The van der Waals surface area contributed by atoms with Gasteiger partial charge >= 0.3 is 0 Å². The van der Waals surface area contributed by atoms with E-state index in [1.807, 2.05) is 24.3 Å². The van der Waals surface area contributed by atoms with Gasteiger partial charge in [-0.2, -0.15) is 0 Å². The summed E-state index contributed by atoms with van der Waals surface area (Å²) in [4.78, 5) is 14.8. The van der Waals surface area contributed by atoms with Gasteiger partial charge in [-0.05, 0) is 63.9 Å². The third kappa shape index (κ3) is 6.47. The lowest BCUT2D eigenvalue weighted by Crippen LogP contribution is -2.42.